The first-order valence-electron chi connectivity index (χ1n) is 10.4. The average Bonchev–Trinajstić information content (AvgIpc) is 2.77. The summed E-state index contributed by atoms with van der Waals surface area (Å²) in [4.78, 5) is 13.7. The highest BCUT2D eigenvalue weighted by Gasteiger charge is 2.38. The molecule has 2 aromatic rings. The van der Waals surface area contributed by atoms with E-state index in [2.05, 4.69) is 5.32 Å². The number of rotatable bonds is 4. The zero-order valence-electron chi connectivity index (χ0n) is 18.0. The summed E-state index contributed by atoms with van der Waals surface area (Å²) in [5.74, 6) is -0.299. The highest BCUT2D eigenvalue weighted by Crippen LogP contribution is 2.39. The van der Waals surface area contributed by atoms with Gasteiger partial charge in [0.1, 0.15) is 0 Å². The predicted octanol–water partition coefficient (Wildman–Crippen LogP) is 6.00. The smallest absolute Gasteiger partial charge is 0.370 e. The molecule has 10 heteroatoms. The lowest BCUT2D eigenvalue weighted by Gasteiger charge is -2.39. The third-order valence-electron chi connectivity index (χ3n) is 5.74. The minimum absolute atomic E-state index is 0.102. The summed E-state index contributed by atoms with van der Waals surface area (Å²) in [7, 11) is 1.51. The summed E-state index contributed by atoms with van der Waals surface area (Å²) in [6, 6.07) is 10.4. The number of likely N-dealkylation sites (tertiary alicyclic amines) is 1. The molecule has 4 nitrogen and oxygen atoms in total. The molecule has 33 heavy (non-hydrogen) atoms. The largest absolute Gasteiger partial charge is 0.416 e. The van der Waals surface area contributed by atoms with Crippen molar-refractivity contribution in [1.29, 1.82) is 0 Å². The van der Waals surface area contributed by atoms with Crippen molar-refractivity contribution in [2.75, 3.05) is 20.1 Å². The van der Waals surface area contributed by atoms with Crippen LogP contribution in [0.2, 0.25) is 0 Å². The molecule has 0 saturated carbocycles. The lowest BCUT2D eigenvalue weighted by atomic mass is 9.87. The highest BCUT2D eigenvalue weighted by atomic mass is 19.4. The number of alkyl halides is 6. The van der Waals surface area contributed by atoms with Gasteiger partial charge in [-0.05, 0) is 42.7 Å². The number of carbonyl (C=O) groups is 1. The van der Waals surface area contributed by atoms with E-state index in [-0.39, 0.29) is 23.6 Å². The monoisotopic (exact) mass is 474 g/mol. The van der Waals surface area contributed by atoms with Crippen LogP contribution in [0.15, 0.2) is 48.5 Å². The topological polar surface area (TPSA) is 41.6 Å². The van der Waals surface area contributed by atoms with Gasteiger partial charge in [0.15, 0.2) is 0 Å². The number of ether oxygens (including phenoxy) is 1. The van der Waals surface area contributed by atoms with E-state index in [4.69, 9.17) is 4.74 Å². The molecule has 3 unspecified atom stereocenters. The molecule has 3 rings (SSSR count). The summed E-state index contributed by atoms with van der Waals surface area (Å²) >= 11 is 0. The fourth-order valence-electron chi connectivity index (χ4n) is 4.01. The Hall–Kier alpha value is -2.75. The van der Waals surface area contributed by atoms with Crippen molar-refractivity contribution in [3.05, 3.63) is 70.8 Å². The van der Waals surface area contributed by atoms with Crippen LogP contribution in [0.1, 0.15) is 47.6 Å². The maximum absolute atomic E-state index is 13.2. The summed E-state index contributed by atoms with van der Waals surface area (Å²) in [5.41, 5.74) is -2.10. The first kappa shape index (κ1) is 24.9. The van der Waals surface area contributed by atoms with Crippen molar-refractivity contribution in [2.24, 2.45) is 0 Å². The lowest BCUT2D eigenvalue weighted by molar-refractivity contribution is -0.143. The van der Waals surface area contributed by atoms with E-state index in [1.807, 2.05) is 30.3 Å². The molecule has 180 valence electrons. The third-order valence-corrected chi connectivity index (χ3v) is 5.74. The van der Waals surface area contributed by atoms with Crippen LogP contribution in [0, 0.1) is 0 Å². The molecule has 2 amide bonds. The van der Waals surface area contributed by atoms with Crippen molar-refractivity contribution in [1.82, 2.24) is 10.2 Å². The number of amides is 2. The molecule has 1 heterocycles. The number of piperidine rings is 1. The van der Waals surface area contributed by atoms with Crippen LogP contribution in [0.5, 0.6) is 0 Å². The van der Waals surface area contributed by atoms with Crippen molar-refractivity contribution in [2.45, 2.75) is 43.8 Å². The minimum Gasteiger partial charge on any atom is -0.370 e. The van der Waals surface area contributed by atoms with Gasteiger partial charge in [-0.2, -0.15) is 26.3 Å². The van der Waals surface area contributed by atoms with E-state index < -0.39 is 35.7 Å². The molecule has 0 radical (unpaired) electrons. The van der Waals surface area contributed by atoms with Gasteiger partial charge in [0, 0.05) is 26.1 Å². The predicted molar refractivity (Wildman–Crippen MR) is 110 cm³/mol. The molecule has 3 atom stereocenters. The summed E-state index contributed by atoms with van der Waals surface area (Å²) in [6.07, 6.45) is -11.0. The van der Waals surface area contributed by atoms with E-state index in [1.165, 1.54) is 14.0 Å². The molecule has 1 fully saturated rings. The normalized spacial score (nSPS) is 20.4. The number of nitrogens with zero attached hydrogens (tertiary/aromatic N) is 1. The van der Waals surface area contributed by atoms with Gasteiger partial charge in [-0.1, -0.05) is 30.3 Å². The standard InChI is InChI=1S/C23H24F6N2O2/c1-14(16-10-17(22(24,25)26)12-18(11-16)23(27,28)29)33-20-8-9-31(21(32)30-2)13-19(20)15-6-4-3-5-7-15/h3-7,10-12,14,19-20H,8-9,13H2,1-2H3,(H,30,32). The van der Waals surface area contributed by atoms with E-state index in [0.29, 0.717) is 31.6 Å². The zero-order valence-corrected chi connectivity index (χ0v) is 18.0. The average molecular weight is 474 g/mol. The van der Waals surface area contributed by atoms with Crippen LogP contribution in [-0.2, 0) is 17.1 Å². The molecule has 0 spiro atoms. The van der Waals surface area contributed by atoms with Gasteiger partial charge in [0.25, 0.3) is 0 Å². The maximum atomic E-state index is 13.2. The van der Waals surface area contributed by atoms with Gasteiger partial charge in [0.05, 0.1) is 23.3 Å². The Morgan fingerprint density at radius 1 is 1.03 bits per heavy atom. The van der Waals surface area contributed by atoms with Crippen LogP contribution in [0.4, 0.5) is 31.1 Å². The van der Waals surface area contributed by atoms with Crippen LogP contribution >= 0.6 is 0 Å². The molecule has 1 N–H and O–H groups in total. The number of benzene rings is 2. The number of hydrogen-bond acceptors (Lipinski definition) is 2. The van der Waals surface area contributed by atoms with Crippen molar-refractivity contribution in [3.63, 3.8) is 0 Å². The zero-order chi connectivity index (χ0) is 24.4. The second-order valence-corrected chi connectivity index (χ2v) is 7.96. The fourth-order valence-corrected chi connectivity index (χ4v) is 4.01. The second kappa shape index (κ2) is 9.62. The highest BCUT2D eigenvalue weighted by molar-refractivity contribution is 5.74. The molecular formula is C23H24F6N2O2. The Kier molecular flexibility index (Phi) is 7.26. The summed E-state index contributed by atoms with van der Waals surface area (Å²) in [5, 5.41) is 2.56. The van der Waals surface area contributed by atoms with E-state index >= 15 is 0 Å². The Labute approximate surface area is 187 Å². The molecule has 1 aliphatic rings. The molecule has 1 saturated heterocycles. The quantitative estimate of drug-likeness (QED) is 0.553. The number of halogens is 6. The van der Waals surface area contributed by atoms with Crippen LogP contribution in [-0.4, -0.2) is 37.2 Å². The van der Waals surface area contributed by atoms with Gasteiger partial charge < -0.3 is 15.0 Å². The van der Waals surface area contributed by atoms with Crippen molar-refractivity contribution < 1.29 is 35.9 Å². The molecule has 0 bridgehead atoms. The number of hydrogen-bond donors (Lipinski definition) is 1. The molecule has 0 aromatic heterocycles. The number of carbonyl (C=O) groups excluding carboxylic acids is 1. The number of nitrogens with one attached hydrogen (secondary N) is 1. The third kappa shape index (κ3) is 5.98. The van der Waals surface area contributed by atoms with Crippen molar-refractivity contribution in [3.8, 4) is 0 Å². The van der Waals surface area contributed by atoms with E-state index in [0.717, 1.165) is 5.56 Å². The van der Waals surface area contributed by atoms with Gasteiger partial charge in [0.2, 0.25) is 0 Å². The Balaban J connectivity index is 1.90. The van der Waals surface area contributed by atoms with Gasteiger partial charge in [-0.25, -0.2) is 4.79 Å². The second-order valence-electron chi connectivity index (χ2n) is 7.96. The fraction of sp³-hybridized carbons (Fsp3) is 0.435. The Morgan fingerprint density at radius 2 is 1.61 bits per heavy atom. The van der Waals surface area contributed by atoms with Crippen LogP contribution < -0.4 is 5.32 Å². The first-order chi connectivity index (χ1) is 15.4. The first-order valence-corrected chi connectivity index (χ1v) is 10.4. The van der Waals surface area contributed by atoms with Crippen molar-refractivity contribution >= 4 is 6.03 Å². The summed E-state index contributed by atoms with van der Waals surface area (Å²) in [6.45, 7) is 2.08. The molecule has 1 aliphatic heterocycles. The van der Waals surface area contributed by atoms with Gasteiger partial charge >= 0.3 is 18.4 Å². The van der Waals surface area contributed by atoms with E-state index in [1.54, 1.807) is 4.90 Å². The molecule has 2 aromatic carbocycles. The van der Waals surface area contributed by atoms with Gasteiger partial charge in [-0.15, -0.1) is 0 Å². The van der Waals surface area contributed by atoms with Crippen LogP contribution in [0.25, 0.3) is 0 Å². The SMILES string of the molecule is CNC(=O)N1CCC(OC(C)c2cc(C(F)(F)F)cc(C(F)(F)F)c2)C(c2ccccc2)C1. The number of urea groups is 1. The molecular weight excluding hydrogens is 450 g/mol. The lowest BCUT2D eigenvalue weighted by Crippen LogP contribution is -2.48. The summed E-state index contributed by atoms with van der Waals surface area (Å²) < 4.78 is 85.5. The van der Waals surface area contributed by atoms with Gasteiger partial charge in [-0.3, -0.25) is 0 Å². The van der Waals surface area contributed by atoms with Crippen LogP contribution in [0.3, 0.4) is 0 Å². The Morgan fingerprint density at radius 3 is 2.12 bits per heavy atom. The Bertz CT molecular complexity index is 929. The maximum Gasteiger partial charge on any atom is 0.416 e. The minimum atomic E-state index is -4.93. The molecule has 0 aliphatic carbocycles. The van der Waals surface area contributed by atoms with E-state index in [9.17, 15) is 31.1 Å².